The predicted octanol–water partition coefficient (Wildman–Crippen LogP) is 3.58. The molecule has 2 fully saturated rings. The second kappa shape index (κ2) is 8.69. The maximum Gasteiger partial charge on any atom is 0.230 e. The number of benzene rings is 1. The Morgan fingerprint density at radius 2 is 2.07 bits per heavy atom. The number of methoxy groups -OCH3 is 1. The highest BCUT2D eigenvalue weighted by molar-refractivity contribution is 6.30. The molecule has 0 radical (unpaired) electrons. The van der Waals surface area contributed by atoms with E-state index in [0.29, 0.717) is 19.2 Å². The zero-order valence-electron chi connectivity index (χ0n) is 18.1. The van der Waals surface area contributed by atoms with Gasteiger partial charge in [-0.3, -0.25) is 9.69 Å². The fraction of sp³-hybridized carbons (Fsp3) is 0.565. The molecule has 2 saturated heterocycles. The van der Waals surface area contributed by atoms with Crippen LogP contribution in [0.15, 0.2) is 36.8 Å². The number of hydrogen-bond acceptors (Lipinski definition) is 4. The minimum absolute atomic E-state index is 0.102. The van der Waals surface area contributed by atoms with Crippen LogP contribution in [0.2, 0.25) is 5.02 Å². The first-order valence-electron chi connectivity index (χ1n) is 10.7. The lowest BCUT2D eigenvalue weighted by atomic mass is 9.75. The lowest BCUT2D eigenvalue weighted by Gasteiger charge is -2.28. The van der Waals surface area contributed by atoms with Crippen molar-refractivity contribution in [2.75, 3.05) is 39.9 Å². The van der Waals surface area contributed by atoms with Crippen LogP contribution in [0.4, 0.5) is 0 Å². The van der Waals surface area contributed by atoms with E-state index in [1.807, 2.05) is 23.4 Å². The Bertz CT molecular complexity index is 882. The van der Waals surface area contributed by atoms with E-state index in [0.717, 1.165) is 43.3 Å². The zero-order valence-corrected chi connectivity index (χ0v) is 18.8. The molecular formula is C23H31ClN4O2. The van der Waals surface area contributed by atoms with Crippen molar-refractivity contribution in [3.05, 3.63) is 53.1 Å². The van der Waals surface area contributed by atoms with E-state index in [1.54, 1.807) is 7.11 Å². The number of nitrogens with zero attached hydrogens (tertiary/aromatic N) is 4. The van der Waals surface area contributed by atoms with Crippen LogP contribution in [0.5, 0.6) is 0 Å². The van der Waals surface area contributed by atoms with Gasteiger partial charge >= 0.3 is 0 Å². The van der Waals surface area contributed by atoms with Gasteiger partial charge in [-0.05, 0) is 38.0 Å². The molecule has 6 nitrogen and oxygen atoms in total. The Balaban J connectivity index is 1.60. The van der Waals surface area contributed by atoms with Crippen molar-refractivity contribution in [2.24, 2.45) is 5.41 Å². The summed E-state index contributed by atoms with van der Waals surface area (Å²) in [6.07, 6.45) is 4.90. The minimum Gasteiger partial charge on any atom is -0.383 e. The molecule has 1 amide bonds. The quantitative estimate of drug-likeness (QED) is 0.673. The third-order valence-corrected chi connectivity index (χ3v) is 6.87. The van der Waals surface area contributed by atoms with Crippen LogP contribution in [0.1, 0.15) is 43.5 Å². The van der Waals surface area contributed by atoms with E-state index in [1.165, 1.54) is 5.56 Å². The molecule has 2 aliphatic heterocycles. The largest absolute Gasteiger partial charge is 0.383 e. The smallest absolute Gasteiger partial charge is 0.230 e. The molecule has 0 N–H and O–H groups in total. The van der Waals surface area contributed by atoms with Crippen LogP contribution in [0.3, 0.4) is 0 Å². The highest BCUT2D eigenvalue weighted by Gasteiger charge is 2.57. The maximum atomic E-state index is 13.6. The number of amides is 1. The minimum atomic E-state index is -0.406. The summed E-state index contributed by atoms with van der Waals surface area (Å²) in [6.45, 7) is 8.72. The number of likely N-dealkylation sites (tertiary alicyclic amines) is 2. The molecule has 0 bridgehead atoms. The van der Waals surface area contributed by atoms with Crippen molar-refractivity contribution in [1.82, 2.24) is 19.4 Å². The van der Waals surface area contributed by atoms with Gasteiger partial charge in [0.25, 0.3) is 0 Å². The standard InChI is InChI=1S/C23H31ClN4O2/c1-17(2)28-14-21(25-16-28)20-13-26(12-18-4-6-19(24)7-5-18)15-23(20)8-9-27(22(23)29)10-11-30-3/h4-7,14,16-17,20H,8-13,15H2,1-3H3. The van der Waals surface area contributed by atoms with Crippen LogP contribution in [-0.4, -0.2) is 65.2 Å². The Hall–Kier alpha value is -1.89. The topological polar surface area (TPSA) is 50.6 Å². The molecule has 1 spiro atoms. The average Bonchev–Trinajstić information content (AvgIpc) is 3.42. The third kappa shape index (κ3) is 4.01. The molecule has 3 heterocycles. The molecule has 0 aliphatic carbocycles. The van der Waals surface area contributed by atoms with Crippen molar-refractivity contribution in [2.45, 2.75) is 38.8 Å². The first-order chi connectivity index (χ1) is 14.4. The summed E-state index contributed by atoms with van der Waals surface area (Å²) in [5.41, 5.74) is 1.84. The second-order valence-corrected chi connectivity index (χ2v) is 9.32. The van der Waals surface area contributed by atoms with E-state index < -0.39 is 5.41 Å². The number of carbonyl (C=O) groups excluding carboxylic acids is 1. The van der Waals surface area contributed by atoms with Crippen LogP contribution >= 0.6 is 11.6 Å². The number of halogens is 1. The normalized spacial score (nSPS) is 24.6. The lowest BCUT2D eigenvalue weighted by Crippen LogP contribution is -2.40. The first kappa shape index (κ1) is 21.3. The maximum absolute atomic E-state index is 13.6. The average molecular weight is 431 g/mol. The molecule has 2 aromatic rings. The number of carbonyl (C=O) groups is 1. The highest BCUT2D eigenvalue weighted by atomic mass is 35.5. The molecule has 2 unspecified atom stereocenters. The van der Waals surface area contributed by atoms with E-state index in [4.69, 9.17) is 21.3 Å². The van der Waals surface area contributed by atoms with E-state index in [-0.39, 0.29) is 11.8 Å². The van der Waals surface area contributed by atoms with E-state index in [9.17, 15) is 4.79 Å². The summed E-state index contributed by atoms with van der Waals surface area (Å²) in [6, 6.07) is 8.34. The molecule has 2 atom stereocenters. The molecule has 7 heteroatoms. The summed E-state index contributed by atoms with van der Waals surface area (Å²) in [4.78, 5) is 22.7. The first-order valence-corrected chi connectivity index (χ1v) is 11.1. The van der Waals surface area contributed by atoms with Crippen LogP contribution in [0, 0.1) is 5.41 Å². The van der Waals surface area contributed by atoms with Gasteiger partial charge in [0.05, 0.1) is 24.0 Å². The lowest BCUT2D eigenvalue weighted by molar-refractivity contribution is -0.136. The zero-order chi connectivity index (χ0) is 21.3. The van der Waals surface area contributed by atoms with Crippen LogP contribution in [-0.2, 0) is 16.1 Å². The molecule has 4 rings (SSSR count). The molecule has 1 aromatic heterocycles. The fourth-order valence-electron chi connectivity index (χ4n) is 4.91. The summed E-state index contributed by atoms with van der Waals surface area (Å²) in [7, 11) is 1.68. The van der Waals surface area contributed by atoms with Gasteiger partial charge < -0.3 is 14.2 Å². The Labute approximate surface area is 183 Å². The molecule has 30 heavy (non-hydrogen) atoms. The molecule has 162 valence electrons. The number of aromatic nitrogens is 2. The predicted molar refractivity (Wildman–Crippen MR) is 118 cm³/mol. The van der Waals surface area contributed by atoms with Gasteiger partial charge in [-0.15, -0.1) is 0 Å². The van der Waals surface area contributed by atoms with Crippen molar-refractivity contribution in [1.29, 1.82) is 0 Å². The van der Waals surface area contributed by atoms with Gasteiger partial charge in [0.1, 0.15) is 0 Å². The fourth-order valence-corrected chi connectivity index (χ4v) is 5.04. The number of ether oxygens (including phenoxy) is 1. The molecular weight excluding hydrogens is 400 g/mol. The number of imidazole rings is 1. The van der Waals surface area contributed by atoms with Crippen LogP contribution in [0.25, 0.3) is 0 Å². The summed E-state index contributed by atoms with van der Waals surface area (Å²) in [5.74, 6) is 0.354. The van der Waals surface area contributed by atoms with Gasteiger partial charge in [-0.25, -0.2) is 4.98 Å². The van der Waals surface area contributed by atoms with Gasteiger partial charge in [0.2, 0.25) is 5.91 Å². The second-order valence-electron chi connectivity index (χ2n) is 8.88. The number of rotatable bonds is 7. The third-order valence-electron chi connectivity index (χ3n) is 6.61. The van der Waals surface area contributed by atoms with Gasteiger partial charge in [0, 0.05) is 63.0 Å². The van der Waals surface area contributed by atoms with Crippen LogP contribution < -0.4 is 0 Å². The highest BCUT2D eigenvalue weighted by Crippen LogP contribution is 2.49. The Morgan fingerprint density at radius 3 is 2.73 bits per heavy atom. The van der Waals surface area contributed by atoms with Gasteiger partial charge in [-0.1, -0.05) is 23.7 Å². The summed E-state index contributed by atoms with van der Waals surface area (Å²) < 4.78 is 7.36. The SMILES string of the molecule is COCCN1CCC2(CN(Cc3ccc(Cl)cc3)CC2c2cn(C(C)C)cn2)C1=O. The van der Waals surface area contributed by atoms with E-state index in [2.05, 4.69) is 41.6 Å². The van der Waals surface area contributed by atoms with Gasteiger partial charge in [0.15, 0.2) is 0 Å². The monoisotopic (exact) mass is 430 g/mol. The Kier molecular flexibility index (Phi) is 6.19. The summed E-state index contributed by atoms with van der Waals surface area (Å²) in [5, 5.41) is 0.744. The van der Waals surface area contributed by atoms with Crippen molar-refractivity contribution >= 4 is 17.5 Å². The molecule has 1 aromatic carbocycles. The van der Waals surface area contributed by atoms with E-state index >= 15 is 0 Å². The van der Waals surface area contributed by atoms with Crippen molar-refractivity contribution in [3.63, 3.8) is 0 Å². The summed E-state index contributed by atoms with van der Waals surface area (Å²) >= 11 is 6.05. The Morgan fingerprint density at radius 1 is 1.30 bits per heavy atom. The molecule has 0 saturated carbocycles. The molecule has 2 aliphatic rings. The van der Waals surface area contributed by atoms with Gasteiger partial charge in [-0.2, -0.15) is 0 Å². The van der Waals surface area contributed by atoms with Crippen molar-refractivity contribution in [3.8, 4) is 0 Å². The van der Waals surface area contributed by atoms with Crippen molar-refractivity contribution < 1.29 is 9.53 Å². The number of hydrogen-bond donors (Lipinski definition) is 0.